The zero-order chi connectivity index (χ0) is 16.3. The molecule has 6 nitrogen and oxygen atoms in total. The molecule has 0 heterocycles. The molecule has 116 valence electrons. The number of benzene rings is 2. The van der Waals surface area contributed by atoms with E-state index in [4.69, 9.17) is 10.5 Å². The highest BCUT2D eigenvalue weighted by atomic mass is 16.5. The highest BCUT2D eigenvalue weighted by molar-refractivity contribution is 6.12. The van der Waals surface area contributed by atoms with Crippen molar-refractivity contribution in [3.63, 3.8) is 0 Å². The average molecular weight is 302 g/mol. The van der Waals surface area contributed by atoms with Gasteiger partial charge in [-0.3, -0.25) is 4.79 Å². The molecule has 0 aliphatic rings. The SMILES string of the molecule is CN(C)CCOC(=O)c1cc2ccccc2c(C(N)=O)c1O. The van der Waals surface area contributed by atoms with E-state index in [0.717, 1.165) is 0 Å². The standard InChI is InChI=1S/C16H18N2O4/c1-18(2)7-8-22-16(21)12-9-10-5-3-4-6-11(10)13(14(12)19)15(17)20/h3-6,9,19H,7-8H2,1-2H3,(H2,17,20). The van der Waals surface area contributed by atoms with Gasteiger partial charge in [-0.05, 0) is 30.9 Å². The van der Waals surface area contributed by atoms with Gasteiger partial charge in [0.1, 0.15) is 17.9 Å². The number of phenols is 1. The van der Waals surface area contributed by atoms with Gasteiger partial charge in [0.2, 0.25) is 0 Å². The van der Waals surface area contributed by atoms with E-state index in [1.54, 1.807) is 24.3 Å². The summed E-state index contributed by atoms with van der Waals surface area (Å²) in [6.07, 6.45) is 0. The Hall–Kier alpha value is -2.60. The van der Waals surface area contributed by atoms with E-state index < -0.39 is 17.6 Å². The smallest absolute Gasteiger partial charge is 0.342 e. The van der Waals surface area contributed by atoms with Crippen molar-refractivity contribution in [3.8, 4) is 5.75 Å². The number of hydrogen-bond acceptors (Lipinski definition) is 5. The van der Waals surface area contributed by atoms with Gasteiger partial charge in [-0.2, -0.15) is 0 Å². The number of rotatable bonds is 5. The van der Waals surface area contributed by atoms with Crippen molar-refractivity contribution >= 4 is 22.6 Å². The first-order valence-electron chi connectivity index (χ1n) is 6.78. The molecule has 2 rings (SSSR count). The zero-order valence-electron chi connectivity index (χ0n) is 12.5. The number of aromatic hydroxyl groups is 1. The molecule has 1 amide bonds. The fraction of sp³-hybridized carbons (Fsp3) is 0.250. The van der Waals surface area contributed by atoms with E-state index in [1.807, 2.05) is 19.0 Å². The Morgan fingerprint density at radius 3 is 2.59 bits per heavy atom. The third-order valence-electron chi connectivity index (χ3n) is 3.26. The van der Waals surface area contributed by atoms with Crippen LogP contribution in [0.1, 0.15) is 20.7 Å². The van der Waals surface area contributed by atoms with Gasteiger partial charge in [0, 0.05) is 6.54 Å². The van der Waals surface area contributed by atoms with Gasteiger partial charge in [0.25, 0.3) is 5.91 Å². The van der Waals surface area contributed by atoms with Crippen molar-refractivity contribution in [1.29, 1.82) is 0 Å². The second-order valence-corrected chi connectivity index (χ2v) is 5.17. The van der Waals surface area contributed by atoms with Gasteiger partial charge in [-0.25, -0.2) is 4.79 Å². The van der Waals surface area contributed by atoms with Gasteiger partial charge in [0.05, 0.1) is 5.56 Å². The molecule has 22 heavy (non-hydrogen) atoms. The zero-order valence-corrected chi connectivity index (χ0v) is 12.5. The summed E-state index contributed by atoms with van der Waals surface area (Å²) in [5.74, 6) is -1.93. The van der Waals surface area contributed by atoms with Crippen LogP contribution in [0.15, 0.2) is 30.3 Å². The summed E-state index contributed by atoms with van der Waals surface area (Å²) in [7, 11) is 3.71. The van der Waals surface area contributed by atoms with Crippen molar-refractivity contribution in [2.75, 3.05) is 27.2 Å². The molecule has 0 saturated heterocycles. The number of esters is 1. The maximum atomic E-state index is 12.1. The van der Waals surface area contributed by atoms with Crippen LogP contribution in [0, 0.1) is 0 Å². The normalized spacial score (nSPS) is 10.9. The van der Waals surface area contributed by atoms with Gasteiger partial charge in [-0.15, -0.1) is 0 Å². The number of carbonyl (C=O) groups is 2. The van der Waals surface area contributed by atoms with E-state index in [2.05, 4.69) is 0 Å². The molecule has 0 aliphatic carbocycles. The topological polar surface area (TPSA) is 92.9 Å². The number of primary amides is 1. The Bertz CT molecular complexity index is 725. The molecule has 0 unspecified atom stereocenters. The minimum absolute atomic E-state index is 0.0637. The van der Waals surface area contributed by atoms with Gasteiger partial charge in [-0.1, -0.05) is 24.3 Å². The number of fused-ring (bicyclic) bond motifs is 1. The van der Waals surface area contributed by atoms with E-state index in [0.29, 0.717) is 17.3 Å². The van der Waals surface area contributed by atoms with Crippen LogP contribution in [0.3, 0.4) is 0 Å². The lowest BCUT2D eigenvalue weighted by Crippen LogP contribution is -2.20. The summed E-state index contributed by atoms with van der Waals surface area (Å²) in [5.41, 5.74) is 5.20. The molecule has 0 atom stereocenters. The van der Waals surface area contributed by atoms with E-state index >= 15 is 0 Å². The van der Waals surface area contributed by atoms with Crippen LogP contribution in [0.2, 0.25) is 0 Å². The van der Waals surface area contributed by atoms with Crippen LogP contribution in [0.4, 0.5) is 0 Å². The Morgan fingerprint density at radius 2 is 1.95 bits per heavy atom. The maximum absolute atomic E-state index is 12.1. The van der Waals surface area contributed by atoms with Crippen LogP contribution in [-0.2, 0) is 4.74 Å². The fourth-order valence-corrected chi connectivity index (χ4v) is 2.14. The van der Waals surface area contributed by atoms with Crippen LogP contribution in [0.5, 0.6) is 5.75 Å². The molecule has 2 aromatic rings. The molecule has 3 N–H and O–H groups in total. The molecular weight excluding hydrogens is 284 g/mol. The van der Waals surface area contributed by atoms with Gasteiger partial charge >= 0.3 is 5.97 Å². The van der Waals surface area contributed by atoms with E-state index in [9.17, 15) is 14.7 Å². The summed E-state index contributed by atoms with van der Waals surface area (Å²) in [6.45, 7) is 0.743. The first kappa shape index (κ1) is 15.8. The highest BCUT2D eigenvalue weighted by Crippen LogP contribution is 2.31. The molecule has 6 heteroatoms. The fourth-order valence-electron chi connectivity index (χ4n) is 2.14. The molecule has 2 aromatic carbocycles. The van der Waals surface area contributed by atoms with Crippen molar-refractivity contribution < 1.29 is 19.4 Å². The Labute approximate surface area is 128 Å². The van der Waals surface area contributed by atoms with Crippen molar-refractivity contribution in [2.24, 2.45) is 5.73 Å². The van der Waals surface area contributed by atoms with Crippen molar-refractivity contribution in [3.05, 3.63) is 41.5 Å². The molecule has 0 radical (unpaired) electrons. The summed E-state index contributed by atoms with van der Waals surface area (Å²) < 4.78 is 5.11. The molecule has 0 saturated carbocycles. The van der Waals surface area contributed by atoms with Crippen molar-refractivity contribution in [2.45, 2.75) is 0 Å². The predicted molar refractivity (Wildman–Crippen MR) is 83.0 cm³/mol. The Balaban J connectivity index is 2.44. The van der Waals surface area contributed by atoms with Gasteiger partial charge < -0.3 is 20.5 Å². The second-order valence-electron chi connectivity index (χ2n) is 5.17. The third-order valence-corrected chi connectivity index (χ3v) is 3.26. The van der Waals surface area contributed by atoms with Gasteiger partial charge in [0.15, 0.2) is 0 Å². The number of carbonyl (C=O) groups excluding carboxylic acids is 2. The number of nitrogens with two attached hydrogens (primary N) is 1. The van der Waals surface area contributed by atoms with E-state index in [1.165, 1.54) is 6.07 Å². The number of hydrogen-bond donors (Lipinski definition) is 2. The van der Waals surface area contributed by atoms with Crippen LogP contribution >= 0.6 is 0 Å². The Morgan fingerprint density at radius 1 is 1.27 bits per heavy atom. The average Bonchev–Trinajstić information content (AvgIpc) is 2.45. The van der Waals surface area contributed by atoms with Crippen LogP contribution in [0.25, 0.3) is 10.8 Å². The summed E-state index contributed by atoms with van der Waals surface area (Å²) in [4.78, 5) is 25.6. The molecule has 0 bridgehead atoms. The number of likely N-dealkylation sites (N-methyl/N-ethyl adjacent to an activating group) is 1. The number of nitrogens with zero attached hydrogens (tertiary/aromatic N) is 1. The largest absolute Gasteiger partial charge is 0.506 e. The first-order chi connectivity index (χ1) is 10.4. The molecule has 0 fully saturated rings. The second kappa shape index (κ2) is 6.44. The van der Waals surface area contributed by atoms with Crippen LogP contribution in [-0.4, -0.2) is 49.1 Å². The minimum Gasteiger partial charge on any atom is -0.506 e. The lowest BCUT2D eigenvalue weighted by Gasteiger charge is -2.13. The molecular formula is C16H18N2O4. The monoisotopic (exact) mass is 302 g/mol. The lowest BCUT2D eigenvalue weighted by atomic mass is 9.99. The Kier molecular flexibility index (Phi) is 4.62. The summed E-state index contributed by atoms with van der Waals surface area (Å²) in [6, 6.07) is 8.39. The number of amides is 1. The summed E-state index contributed by atoms with van der Waals surface area (Å²) in [5, 5.41) is 11.4. The summed E-state index contributed by atoms with van der Waals surface area (Å²) >= 11 is 0. The predicted octanol–water partition coefficient (Wildman–Crippen LogP) is 1.36. The van der Waals surface area contributed by atoms with Crippen LogP contribution < -0.4 is 5.73 Å². The molecule has 0 aliphatic heterocycles. The quantitative estimate of drug-likeness (QED) is 0.814. The molecule has 0 spiro atoms. The third kappa shape index (κ3) is 3.17. The van der Waals surface area contributed by atoms with E-state index in [-0.39, 0.29) is 17.7 Å². The van der Waals surface area contributed by atoms with Crippen molar-refractivity contribution in [1.82, 2.24) is 4.90 Å². The first-order valence-corrected chi connectivity index (χ1v) is 6.78. The highest BCUT2D eigenvalue weighted by Gasteiger charge is 2.21. The number of ether oxygens (including phenoxy) is 1. The maximum Gasteiger partial charge on any atom is 0.342 e. The minimum atomic E-state index is -0.795. The lowest BCUT2D eigenvalue weighted by molar-refractivity contribution is 0.0479. The molecule has 0 aromatic heterocycles.